The van der Waals surface area contributed by atoms with E-state index < -0.39 is 4.83 Å². The van der Waals surface area contributed by atoms with Gasteiger partial charge in [-0.15, -0.1) is 0 Å². The molecule has 4 heteroatoms. The van der Waals surface area contributed by atoms with Gasteiger partial charge in [-0.25, -0.2) is 0 Å². The van der Waals surface area contributed by atoms with Gasteiger partial charge < -0.3 is 9.47 Å². The van der Waals surface area contributed by atoms with Gasteiger partial charge in [0.1, 0.15) is 10.9 Å². The largest absolute Gasteiger partial charge is 0.468 e. The SMILES string of the molecule is COC(=O)C(Br)C(OC)c1ccccc1. The molecular formula is C11H13BrO3. The van der Waals surface area contributed by atoms with E-state index in [0.717, 1.165) is 5.56 Å². The number of methoxy groups -OCH3 is 2. The number of rotatable bonds is 4. The fourth-order valence-corrected chi connectivity index (χ4v) is 2.01. The van der Waals surface area contributed by atoms with Crippen LogP contribution in [0.1, 0.15) is 11.7 Å². The second-order valence-corrected chi connectivity index (χ2v) is 3.98. The maximum atomic E-state index is 11.3. The highest BCUT2D eigenvalue weighted by Gasteiger charge is 2.27. The molecule has 0 heterocycles. The van der Waals surface area contributed by atoms with Crippen molar-refractivity contribution in [3.8, 4) is 0 Å². The Bertz CT molecular complexity index is 313. The monoisotopic (exact) mass is 272 g/mol. The Morgan fingerprint density at radius 3 is 2.33 bits per heavy atom. The standard InChI is InChI=1S/C11H13BrO3/c1-14-10(9(12)11(13)15-2)8-6-4-3-5-7-8/h3-7,9-10H,1-2H3. The molecular weight excluding hydrogens is 260 g/mol. The molecule has 0 aromatic heterocycles. The highest BCUT2D eigenvalue weighted by molar-refractivity contribution is 9.10. The average molecular weight is 273 g/mol. The first-order chi connectivity index (χ1) is 7.20. The van der Waals surface area contributed by atoms with Gasteiger partial charge in [-0.05, 0) is 5.56 Å². The lowest BCUT2D eigenvalue weighted by Crippen LogP contribution is -2.24. The van der Waals surface area contributed by atoms with Crippen LogP contribution < -0.4 is 0 Å². The van der Waals surface area contributed by atoms with Gasteiger partial charge in [-0.2, -0.15) is 0 Å². The topological polar surface area (TPSA) is 35.5 Å². The molecule has 0 fully saturated rings. The molecule has 0 spiro atoms. The third-order valence-corrected chi connectivity index (χ3v) is 2.93. The highest BCUT2D eigenvalue weighted by atomic mass is 79.9. The van der Waals surface area contributed by atoms with Crippen LogP contribution in [0.4, 0.5) is 0 Å². The number of alkyl halides is 1. The van der Waals surface area contributed by atoms with Crippen LogP contribution in [0.3, 0.4) is 0 Å². The summed E-state index contributed by atoms with van der Waals surface area (Å²) < 4.78 is 9.92. The van der Waals surface area contributed by atoms with Crippen molar-refractivity contribution in [1.29, 1.82) is 0 Å². The van der Waals surface area contributed by atoms with Crippen LogP contribution in [0, 0.1) is 0 Å². The summed E-state index contributed by atoms with van der Waals surface area (Å²) in [5, 5.41) is 0. The summed E-state index contributed by atoms with van der Waals surface area (Å²) in [6, 6.07) is 9.53. The Labute approximate surface area is 97.5 Å². The molecule has 15 heavy (non-hydrogen) atoms. The fraction of sp³-hybridized carbons (Fsp3) is 0.364. The number of ether oxygens (including phenoxy) is 2. The zero-order chi connectivity index (χ0) is 11.3. The van der Waals surface area contributed by atoms with Gasteiger partial charge in [0.05, 0.1) is 7.11 Å². The maximum Gasteiger partial charge on any atom is 0.322 e. The number of esters is 1. The molecule has 0 bridgehead atoms. The van der Waals surface area contributed by atoms with Crippen molar-refractivity contribution in [1.82, 2.24) is 0 Å². The van der Waals surface area contributed by atoms with E-state index in [1.54, 1.807) is 7.11 Å². The number of halogens is 1. The summed E-state index contributed by atoms with van der Waals surface area (Å²) in [4.78, 5) is 10.8. The van der Waals surface area contributed by atoms with Crippen LogP contribution in [0.2, 0.25) is 0 Å². The van der Waals surface area contributed by atoms with Gasteiger partial charge in [0.15, 0.2) is 0 Å². The molecule has 1 aromatic rings. The smallest absolute Gasteiger partial charge is 0.322 e. The summed E-state index contributed by atoms with van der Waals surface area (Å²) in [5.41, 5.74) is 0.937. The summed E-state index contributed by atoms with van der Waals surface area (Å²) in [6.45, 7) is 0. The molecule has 0 aliphatic rings. The second-order valence-electron chi connectivity index (χ2n) is 2.99. The number of hydrogen-bond acceptors (Lipinski definition) is 3. The zero-order valence-corrected chi connectivity index (χ0v) is 10.2. The predicted molar refractivity (Wildman–Crippen MR) is 60.9 cm³/mol. The molecule has 0 N–H and O–H groups in total. The minimum Gasteiger partial charge on any atom is -0.468 e. The van der Waals surface area contributed by atoms with Gasteiger partial charge in [-0.1, -0.05) is 46.3 Å². The van der Waals surface area contributed by atoms with Crippen molar-refractivity contribution < 1.29 is 14.3 Å². The molecule has 0 aliphatic heterocycles. The van der Waals surface area contributed by atoms with E-state index >= 15 is 0 Å². The summed E-state index contributed by atoms with van der Waals surface area (Å²) in [7, 11) is 2.92. The maximum absolute atomic E-state index is 11.3. The number of carbonyl (C=O) groups excluding carboxylic acids is 1. The first-order valence-electron chi connectivity index (χ1n) is 4.50. The lowest BCUT2D eigenvalue weighted by molar-refractivity contribution is -0.142. The normalized spacial score (nSPS) is 14.3. The van der Waals surface area contributed by atoms with Crippen molar-refractivity contribution in [3.05, 3.63) is 35.9 Å². The molecule has 3 nitrogen and oxygen atoms in total. The molecule has 1 rings (SSSR count). The van der Waals surface area contributed by atoms with E-state index in [1.165, 1.54) is 7.11 Å². The Hall–Kier alpha value is -0.870. The molecule has 1 aromatic carbocycles. The van der Waals surface area contributed by atoms with Crippen LogP contribution in [-0.4, -0.2) is 25.0 Å². The van der Waals surface area contributed by atoms with E-state index in [9.17, 15) is 4.79 Å². The Morgan fingerprint density at radius 2 is 1.87 bits per heavy atom. The number of benzene rings is 1. The van der Waals surface area contributed by atoms with Gasteiger partial charge in [-0.3, -0.25) is 4.79 Å². The lowest BCUT2D eigenvalue weighted by atomic mass is 10.1. The molecule has 0 aliphatic carbocycles. The number of hydrogen-bond donors (Lipinski definition) is 0. The minimum atomic E-state index is -0.491. The molecule has 0 saturated heterocycles. The average Bonchev–Trinajstić information content (AvgIpc) is 2.30. The third-order valence-electron chi connectivity index (χ3n) is 2.07. The Balaban J connectivity index is 2.85. The van der Waals surface area contributed by atoms with Gasteiger partial charge in [0, 0.05) is 7.11 Å². The first-order valence-corrected chi connectivity index (χ1v) is 5.42. The second kappa shape index (κ2) is 5.88. The number of carbonyl (C=O) groups is 1. The summed E-state index contributed by atoms with van der Waals surface area (Å²) >= 11 is 3.27. The van der Waals surface area contributed by atoms with Crippen LogP contribution >= 0.6 is 15.9 Å². The molecule has 2 unspecified atom stereocenters. The molecule has 0 amide bonds. The van der Waals surface area contributed by atoms with Gasteiger partial charge in [0.2, 0.25) is 0 Å². The van der Waals surface area contributed by atoms with E-state index in [2.05, 4.69) is 20.7 Å². The summed E-state index contributed by atoms with van der Waals surface area (Å²) in [5.74, 6) is -0.342. The molecule has 0 saturated carbocycles. The van der Waals surface area contributed by atoms with Crippen molar-refractivity contribution in [2.24, 2.45) is 0 Å². The highest BCUT2D eigenvalue weighted by Crippen LogP contribution is 2.26. The fourth-order valence-electron chi connectivity index (χ4n) is 1.30. The molecule has 82 valence electrons. The van der Waals surface area contributed by atoms with Crippen molar-refractivity contribution in [3.63, 3.8) is 0 Å². The van der Waals surface area contributed by atoms with Crippen molar-refractivity contribution >= 4 is 21.9 Å². The van der Waals surface area contributed by atoms with Gasteiger partial charge >= 0.3 is 5.97 Å². The Kier molecular flexibility index (Phi) is 4.78. The van der Waals surface area contributed by atoms with Crippen molar-refractivity contribution in [2.75, 3.05) is 14.2 Å². The minimum absolute atomic E-state index is 0.335. The lowest BCUT2D eigenvalue weighted by Gasteiger charge is -2.19. The van der Waals surface area contributed by atoms with Gasteiger partial charge in [0.25, 0.3) is 0 Å². The van der Waals surface area contributed by atoms with E-state index in [-0.39, 0.29) is 12.1 Å². The molecule has 0 radical (unpaired) electrons. The van der Waals surface area contributed by atoms with Crippen LogP contribution in [0.25, 0.3) is 0 Å². The molecule has 2 atom stereocenters. The van der Waals surface area contributed by atoms with Crippen LogP contribution in [-0.2, 0) is 14.3 Å². The Morgan fingerprint density at radius 1 is 1.27 bits per heavy atom. The quantitative estimate of drug-likeness (QED) is 0.623. The summed E-state index contributed by atoms with van der Waals surface area (Å²) in [6.07, 6.45) is -0.335. The van der Waals surface area contributed by atoms with E-state index in [0.29, 0.717) is 0 Å². The first kappa shape index (κ1) is 12.2. The van der Waals surface area contributed by atoms with Crippen LogP contribution in [0.5, 0.6) is 0 Å². The van der Waals surface area contributed by atoms with Crippen LogP contribution in [0.15, 0.2) is 30.3 Å². The zero-order valence-electron chi connectivity index (χ0n) is 8.64. The van der Waals surface area contributed by atoms with E-state index in [1.807, 2.05) is 30.3 Å². The third kappa shape index (κ3) is 3.04. The van der Waals surface area contributed by atoms with E-state index in [4.69, 9.17) is 4.74 Å². The predicted octanol–water partition coefficient (Wildman–Crippen LogP) is 2.31. The van der Waals surface area contributed by atoms with Crippen molar-refractivity contribution in [2.45, 2.75) is 10.9 Å².